The number of nitrogen functional groups attached to an aromatic ring is 1. The van der Waals surface area contributed by atoms with E-state index in [1.54, 1.807) is 7.05 Å². The van der Waals surface area contributed by atoms with E-state index in [2.05, 4.69) is 11.2 Å². The van der Waals surface area contributed by atoms with Crippen LogP contribution >= 0.6 is 0 Å². The first-order chi connectivity index (χ1) is 10.1. The minimum atomic E-state index is -0.844. The predicted molar refractivity (Wildman–Crippen MR) is 83.5 cm³/mol. The second kappa shape index (κ2) is 5.31. The number of fused-ring (bicyclic) bond motifs is 1. The smallest absolute Gasteiger partial charge is 0.407 e. The van der Waals surface area contributed by atoms with Crippen molar-refractivity contribution in [1.82, 2.24) is 9.88 Å². The fourth-order valence-electron chi connectivity index (χ4n) is 3.45. The summed E-state index contributed by atoms with van der Waals surface area (Å²) in [6.45, 7) is 0. The van der Waals surface area contributed by atoms with Gasteiger partial charge in [0.25, 0.3) is 0 Å². The zero-order valence-electron chi connectivity index (χ0n) is 12.2. The van der Waals surface area contributed by atoms with Gasteiger partial charge in [-0.3, -0.25) is 0 Å². The van der Waals surface area contributed by atoms with Crippen molar-refractivity contribution < 1.29 is 9.90 Å². The zero-order chi connectivity index (χ0) is 15.0. The average Bonchev–Trinajstić information content (AvgIpc) is 2.89. The maximum atomic E-state index is 11.2. The number of aromatic nitrogens is 1. The summed E-state index contributed by atoms with van der Waals surface area (Å²) in [6.07, 6.45) is 5.20. The van der Waals surface area contributed by atoms with E-state index in [0.29, 0.717) is 5.92 Å². The van der Waals surface area contributed by atoms with Crippen LogP contribution in [0.3, 0.4) is 0 Å². The second-order valence-corrected chi connectivity index (χ2v) is 5.96. The van der Waals surface area contributed by atoms with Gasteiger partial charge in [-0.15, -0.1) is 0 Å². The van der Waals surface area contributed by atoms with Crippen molar-refractivity contribution >= 4 is 22.7 Å². The molecule has 2 unspecified atom stereocenters. The molecule has 0 radical (unpaired) electrons. The number of hydrogen-bond donors (Lipinski definition) is 3. The summed E-state index contributed by atoms with van der Waals surface area (Å²) in [5.74, 6) is 0.390. The lowest BCUT2D eigenvalue weighted by molar-refractivity contribution is 0.123. The molecule has 1 aromatic carbocycles. The Bertz CT molecular complexity index is 665. The van der Waals surface area contributed by atoms with Gasteiger partial charge in [-0.05, 0) is 48.9 Å². The molecule has 21 heavy (non-hydrogen) atoms. The molecule has 0 spiro atoms. The minimum absolute atomic E-state index is 0.104. The quantitative estimate of drug-likeness (QED) is 0.740. The average molecular weight is 287 g/mol. The number of anilines is 1. The van der Waals surface area contributed by atoms with E-state index in [-0.39, 0.29) is 6.04 Å². The van der Waals surface area contributed by atoms with Crippen molar-refractivity contribution in [3.63, 3.8) is 0 Å². The summed E-state index contributed by atoms with van der Waals surface area (Å²) < 4.78 is 0. The van der Waals surface area contributed by atoms with Crippen molar-refractivity contribution in [3.8, 4) is 0 Å². The van der Waals surface area contributed by atoms with Crippen molar-refractivity contribution in [2.24, 2.45) is 0 Å². The molecule has 4 N–H and O–H groups in total. The molecule has 1 amide bonds. The highest BCUT2D eigenvalue weighted by atomic mass is 16.4. The molecule has 1 aliphatic carbocycles. The molecular formula is C16H21N3O2. The van der Waals surface area contributed by atoms with Crippen molar-refractivity contribution in [3.05, 3.63) is 30.0 Å². The molecular weight excluding hydrogens is 266 g/mol. The third kappa shape index (κ3) is 2.55. The fraction of sp³-hybridized carbons (Fsp3) is 0.438. The molecule has 3 rings (SSSR count). The van der Waals surface area contributed by atoms with Crippen LogP contribution in [0, 0.1) is 0 Å². The molecule has 2 aromatic rings. The molecule has 112 valence electrons. The highest BCUT2D eigenvalue weighted by Gasteiger charge is 2.29. The number of H-pyrrole nitrogens is 1. The number of carbonyl (C=O) groups is 1. The van der Waals surface area contributed by atoms with E-state index in [1.165, 1.54) is 15.8 Å². The molecule has 1 fully saturated rings. The standard InChI is InChI=1S/C16H21N3O2/c1-19(16(20)21)12-4-2-3-10(7-12)14-9-18-15-6-5-11(17)8-13(14)15/h5-6,8-10,12,18H,2-4,7,17H2,1H3,(H,20,21). The largest absolute Gasteiger partial charge is 0.465 e. The third-order valence-electron chi connectivity index (χ3n) is 4.67. The molecule has 5 nitrogen and oxygen atoms in total. The van der Waals surface area contributed by atoms with Gasteiger partial charge in [0.2, 0.25) is 0 Å². The maximum Gasteiger partial charge on any atom is 0.407 e. The molecule has 2 atom stereocenters. The number of benzene rings is 1. The molecule has 1 saturated carbocycles. The summed E-state index contributed by atoms with van der Waals surface area (Å²) in [5.41, 5.74) is 9.01. The lowest BCUT2D eigenvalue weighted by Crippen LogP contribution is -2.38. The van der Waals surface area contributed by atoms with E-state index in [4.69, 9.17) is 10.8 Å². The van der Waals surface area contributed by atoms with Crippen LogP contribution in [0.25, 0.3) is 10.9 Å². The molecule has 0 aliphatic heterocycles. The fourth-order valence-corrected chi connectivity index (χ4v) is 3.45. The van der Waals surface area contributed by atoms with Crippen LogP contribution < -0.4 is 5.73 Å². The van der Waals surface area contributed by atoms with Gasteiger partial charge in [-0.2, -0.15) is 0 Å². The van der Waals surface area contributed by atoms with Crippen molar-refractivity contribution in [2.75, 3.05) is 12.8 Å². The summed E-state index contributed by atoms with van der Waals surface area (Å²) in [6, 6.07) is 6.00. The monoisotopic (exact) mass is 287 g/mol. The van der Waals surface area contributed by atoms with Crippen LogP contribution in [-0.4, -0.2) is 34.2 Å². The van der Waals surface area contributed by atoms with Crippen molar-refractivity contribution in [1.29, 1.82) is 0 Å². The molecule has 0 saturated heterocycles. The van der Waals surface area contributed by atoms with Crippen LogP contribution in [0.1, 0.15) is 37.2 Å². The van der Waals surface area contributed by atoms with Gasteiger partial charge in [0.15, 0.2) is 0 Å². The van der Waals surface area contributed by atoms with Crippen LogP contribution in [0.15, 0.2) is 24.4 Å². The Morgan fingerprint density at radius 3 is 3.00 bits per heavy atom. The number of nitrogens with two attached hydrogens (primary N) is 1. The first-order valence-electron chi connectivity index (χ1n) is 7.38. The van der Waals surface area contributed by atoms with Gasteiger partial charge in [0, 0.05) is 35.9 Å². The van der Waals surface area contributed by atoms with Gasteiger partial charge in [0.05, 0.1) is 0 Å². The first-order valence-corrected chi connectivity index (χ1v) is 7.38. The Balaban J connectivity index is 1.88. The number of carboxylic acid groups (broad SMARTS) is 1. The summed E-state index contributed by atoms with van der Waals surface area (Å²) >= 11 is 0. The number of hydrogen-bond acceptors (Lipinski definition) is 2. The minimum Gasteiger partial charge on any atom is -0.465 e. The highest BCUT2D eigenvalue weighted by Crippen LogP contribution is 2.38. The van der Waals surface area contributed by atoms with E-state index in [9.17, 15) is 4.79 Å². The molecule has 5 heteroatoms. The Hall–Kier alpha value is -2.17. The Morgan fingerprint density at radius 2 is 2.24 bits per heavy atom. The second-order valence-electron chi connectivity index (χ2n) is 5.96. The van der Waals surface area contributed by atoms with Crippen LogP contribution in [-0.2, 0) is 0 Å². The van der Waals surface area contributed by atoms with Gasteiger partial charge in [-0.1, -0.05) is 6.42 Å². The molecule has 0 bridgehead atoms. The SMILES string of the molecule is CN(C(=O)O)C1CCCC(c2c[nH]c3ccc(N)cc23)C1. The van der Waals surface area contributed by atoms with Crippen LogP contribution in [0.5, 0.6) is 0 Å². The Kier molecular flexibility index (Phi) is 3.49. The van der Waals surface area contributed by atoms with Gasteiger partial charge < -0.3 is 20.7 Å². The van der Waals surface area contributed by atoms with Crippen molar-refractivity contribution in [2.45, 2.75) is 37.6 Å². The normalized spacial score (nSPS) is 22.3. The van der Waals surface area contributed by atoms with Gasteiger partial charge in [0.1, 0.15) is 0 Å². The lowest BCUT2D eigenvalue weighted by atomic mass is 9.81. The predicted octanol–water partition coefficient (Wildman–Crippen LogP) is 3.39. The third-order valence-corrected chi connectivity index (χ3v) is 4.67. The Labute approximate surface area is 123 Å². The van der Waals surface area contributed by atoms with E-state index >= 15 is 0 Å². The number of nitrogens with one attached hydrogen (secondary N) is 1. The zero-order valence-corrected chi connectivity index (χ0v) is 12.2. The molecule has 1 aliphatic rings. The first kappa shape index (κ1) is 13.8. The summed E-state index contributed by atoms with van der Waals surface area (Å²) in [7, 11) is 1.67. The summed E-state index contributed by atoms with van der Waals surface area (Å²) in [4.78, 5) is 15.9. The number of amides is 1. The van der Waals surface area contributed by atoms with E-state index in [1.807, 2.05) is 18.2 Å². The maximum absolute atomic E-state index is 11.2. The number of aromatic amines is 1. The van der Waals surface area contributed by atoms with Crippen LogP contribution in [0.4, 0.5) is 10.5 Å². The van der Waals surface area contributed by atoms with Gasteiger partial charge >= 0.3 is 6.09 Å². The Morgan fingerprint density at radius 1 is 1.43 bits per heavy atom. The van der Waals surface area contributed by atoms with E-state index in [0.717, 1.165) is 36.9 Å². The summed E-state index contributed by atoms with van der Waals surface area (Å²) in [5, 5.41) is 10.3. The topological polar surface area (TPSA) is 82.4 Å². The lowest BCUT2D eigenvalue weighted by Gasteiger charge is -2.33. The molecule has 1 aromatic heterocycles. The van der Waals surface area contributed by atoms with Gasteiger partial charge in [-0.25, -0.2) is 4.79 Å². The number of rotatable bonds is 2. The van der Waals surface area contributed by atoms with Crippen LogP contribution in [0.2, 0.25) is 0 Å². The number of nitrogens with zero attached hydrogens (tertiary/aromatic N) is 1. The molecule has 1 heterocycles. The van der Waals surface area contributed by atoms with E-state index < -0.39 is 6.09 Å². The highest BCUT2D eigenvalue weighted by molar-refractivity contribution is 5.86.